The van der Waals surface area contributed by atoms with Gasteiger partial charge in [-0.15, -0.1) is 0 Å². The van der Waals surface area contributed by atoms with Gasteiger partial charge in [-0.3, -0.25) is 0 Å². The molecule has 5 nitrogen and oxygen atoms in total. The Labute approximate surface area is 120 Å². The molecular weight excluding hydrogens is 258 g/mol. The molecule has 114 valence electrons. The van der Waals surface area contributed by atoms with Crippen LogP contribution in [0, 0.1) is 5.92 Å². The number of rotatable bonds is 13. The molecule has 0 amide bonds. The van der Waals surface area contributed by atoms with Crippen molar-refractivity contribution in [2.45, 2.75) is 44.6 Å². The minimum atomic E-state index is -0.417. The molecule has 0 rings (SSSR count). The maximum atomic E-state index is 9.54. The van der Waals surface area contributed by atoms with Crippen LogP contribution in [0.3, 0.4) is 0 Å². The molecule has 0 spiro atoms. The van der Waals surface area contributed by atoms with Gasteiger partial charge in [0.25, 0.3) is 0 Å². The van der Waals surface area contributed by atoms with Crippen LogP contribution in [0.5, 0.6) is 0 Å². The largest absolute Gasteiger partial charge is 0.393 e. The first-order chi connectivity index (χ1) is 9.09. The number of aliphatic hydroxyl groups is 2. The maximum absolute atomic E-state index is 9.54. The first-order valence-electron chi connectivity index (χ1n) is 7.28. The van der Waals surface area contributed by atoms with Gasteiger partial charge in [-0.25, -0.2) is 0 Å². The lowest BCUT2D eigenvalue weighted by Crippen LogP contribution is -2.31. The van der Waals surface area contributed by atoms with Crippen LogP contribution in [0.2, 0.25) is 12.1 Å². The molecule has 0 bridgehead atoms. The Kier molecular flexibility index (Phi) is 13.0. The van der Waals surface area contributed by atoms with E-state index in [2.05, 4.69) is 10.6 Å². The molecule has 6 N–H and O–H groups in total. The Balaban J connectivity index is 3.30. The predicted octanol–water partition coefficient (Wildman–Crippen LogP) is -0.567. The summed E-state index contributed by atoms with van der Waals surface area (Å²) in [6.07, 6.45) is 0.320. The highest BCUT2D eigenvalue weighted by molar-refractivity contribution is 6.35. The number of hydrogen-bond donors (Lipinski definition) is 5. The van der Waals surface area contributed by atoms with Crippen molar-refractivity contribution in [3.8, 4) is 0 Å². The van der Waals surface area contributed by atoms with E-state index in [1.807, 2.05) is 0 Å². The fraction of sp³-hybridized carbons (Fsp3) is 1.00. The monoisotopic (exact) mass is 289 g/mol. The molecule has 0 aromatic carbocycles. The first kappa shape index (κ1) is 19.0. The average molecular weight is 289 g/mol. The zero-order valence-electron chi connectivity index (χ0n) is 12.4. The van der Waals surface area contributed by atoms with Gasteiger partial charge in [-0.1, -0.05) is 12.1 Å². The average Bonchev–Trinajstić information content (AvgIpc) is 2.35. The van der Waals surface area contributed by atoms with Crippen molar-refractivity contribution in [1.29, 1.82) is 0 Å². The fourth-order valence-electron chi connectivity index (χ4n) is 1.88. The third-order valence-corrected chi connectivity index (χ3v) is 4.59. The van der Waals surface area contributed by atoms with Gasteiger partial charge in [-0.2, -0.15) is 0 Å². The summed E-state index contributed by atoms with van der Waals surface area (Å²) < 4.78 is 0. The van der Waals surface area contributed by atoms with E-state index in [-0.39, 0.29) is 5.92 Å². The molecule has 2 atom stereocenters. The Morgan fingerprint density at radius 3 is 2.11 bits per heavy atom. The van der Waals surface area contributed by atoms with E-state index in [1.165, 1.54) is 6.04 Å². The number of aliphatic hydroxyl groups excluding tert-OH is 2. The Morgan fingerprint density at radius 1 is 1.00 bits per heavy atom. The Morgan fingerprint density at radius 2 is 1.58 bits per heavy atom. The standard InChI is InChI=1S/C13H31N3O2Si/c1-11(17)13(12(2)18)10-19-9-3-5-15-7-8-16-6-4-14/h11-13,15-18H,3-10,14H2,1-2H3. The summed E-state index contributed by atoms with van der Waals surface area (Å²) >= 11 is 0. The molecule has 6 heteroatoms. The molecule has 2 radical (unpaired) electrons. The molecule has 0 aromatic rings. The minimum absolute atomic E-state index is 0.0201. The van der Waals surface area contributed by atoms with Crippen LogP contribution in [0.15, 0.2) is 0 Å². The summed E-state index contributed by atoms with van der Waals surface area (Å²) in [5, 5.41) is 25.7. The molecule has 0 saturated heterocycles. The summed E-state index contributed by atoms with van der Waals surface area (Å²) in [7, 11) is 0.818. The summed E-state index contributed by atoms with van der Waals surface area (Å²) in [6, 6.07) is 2.09. The Hall–Kier alpha value is 0.0169. The summed E-state index contributed by atoms with van der Waals surface area (Å²) in [4.78, 5) is 0. The zero-order valence-corrected chi connectivity index (χ0v) is 13.4. The first-order valence-corrected chi connectivity index (χ1v) is 8.69. The second-order valence-electron chi connectivity index (χ2n) is 4.99. The van der Waals surface area contributed by atoms with E-state index in [9.17, 15) is 10.2 Å². The molecule has 0 aliphatic carbocycles. The fourth-order valence-corrected chi connectivity index (χ4v) is 3.53. The lowest BCUT2D eigenvalue weighted by Gasteiger charge is -2.22. The second-order valence-corrected chi connectivity index (χ2v) is 6.40. The van der Waals surface area contributed by atoms with Crippen molar-refractivity contribution in [3.05, 3.63) is 0 Å². The SMILES string of the molecule is CC(O)C(C[Si]CCCNCCNCCN)C(C)O. The van der Waals surface area contributed by atoms with E-state index < -0.39 is 12.2 Å². The van der Waals surface area contributed by atoms with Crippen LogP contribution < -0.4 is 16.4 Å². The third kappa shape index (κ3) is 11.5. The van der Waals surface area contributed by atoms with Gasteiger partial charge >= 0.3 is 0 Å². The normalized spacial score (nSPS) is 16.3. The van der Waals surface area contributed by atoms with Crippen molar-refractivity contribution in [2.24, 2.45) is 11.7 Å². The van der Waals surface area contributed by atoms with E-state index in [0.717, 1.165) is 48.2 Å². The van der Waals surface area contributed by atoms with E-state index in [1.54, 1.807) is 13.8 Å². The van der Waals surface area contributed by atoms with Crippen LogP contribution in [0.25, 0.3) is 0 Å². The second kappa shape index (κ2) is 13.0. The topological polar surface area (TPSA) is 90.5 Å². The third-order valence-electron chi connectivity index (χ3n) is 3.13. The minimum Gasteiger partial charge on any atom is -0.393 e. The van der Waals surface area contributed by atoms with Crippen molar-refractivity contribution in [2.75, 3.05) is 32.7 Å². The lowest BCUT2D eigenvalue weighted by molar-refractivity contribution is 0.0421. The van der Waals surface area contributed by atoms with Crippen molar-refractivity contribution < 1.29 is 10.2 Å². The van der Waals surface area contributed by atoms with Crippen molar-refractivity contribution >= 4 is 9.52 Å². The maximum Gasteiger partial charge on any atom is 0.0561 e. The van der Waals surface area contributed by atoms with Gasteiger partial charge in [0.15, 0.2) is 0 Å². The van der Waals surface area contributed by atoms with Crippen LogP contribution in [0.4, 0.5) is 0 Å². The molecule has 0 aliphatic heterocycles. The van der Waals surface area contributed by atoms with E-state index in [0.29, 0.717) is 6.54 Å². The Bertz CT molecular complexity index is 187. The van der Waals surface area contributed by atoms with Crippen LogP contribution in [-0.2, 0) is 0 Å². The summed E-state index contributed by atoms with van der Waals surface area (Å²) in [6.45, 7) is 8.07. The number of hydrogen-bond acceptors (Lipinski definition) is 5. The highest BCUT2D eigenvalue weighted by Gasteiger charge is 2.19. The van der Waals surface area contributed by atoms with E-state index >= 15 is 0 Å². The zero-order chi connectivity index (χ0) is 14.5. The molecule has 0 heterocycles. The van der Waals surface area contributed by atoms with Gasteiger partial charge in [0.05, 0.1) is 12.2 Å². The molecule has 0 aromatic heterocycles. The molecule has 0 saturated carbocycles. The summed E-state index contributed by atoms with van der Waals surface area (Å²) in [5.74, 6) is 0.0201. The lowest BCUT2D eigenvalue weighted by atomic mass is 10.0. The van der Waals surface area contributed by atoms with Gasteiger partial charge in [0.1, 0.15) is 0 Å². The molecule has 0 fully saturated rings. The quantitative estimate of drug-likeness (QED) is 0.231. The van der Waals surface area contributed by atoms with Crippen LogP contribution >= 0.6 is 0 Å². The highest BCUT2D eigenvalue weighted by atomic mass is 28.2. The predicted molar refractivity (Wildman–Crippen MR) is 81.6 cm³/mol. The number of nitrogens with one attached hydrogen (secondary N) is 2. The van der Waals surface area contributed by atoms with Gasteiger partial charge in [0.2, 0.25) is 0 Å². The molecule has 2 unspecified atom stereocenters. The van der Waals surface area contributed by atoms with Gasteiger partial charge in [-0.05, 0) is 26.8 Å². The van der Waals surface area contributed by atoms with Crippen molar-refractivity contribution in [1.82, 2.24) is 10.6 Å². The molecule has 0 aliphatic rings. The smallest absolute Gasteiger partial charge is 0.0561 e. The molecule has 19 heavy (non-hydrogen) atoms. The van der Waals surface area contributed by atoms with E-state index in [4.69, 9.17) is 5.73 Å². The van der Waals surface area contributed by atoms with Gasteiger partial charge in [0, 0.05) is 41.6 Å². The summed E-state index contributed by atoms with van der Waals surface area (Å²) in [5.41, 5.74) is 5.37. The van der Waals surface area contributed by atoms with Crippen molar-refractivity contribution in [3.63, 3.8) is 0 Å². The molecular formula is C13H31N3O2Si. The highest BCUT2D eigenvalue weighted by Crippen LogP contribution is 2.15. The van der Waals surface area contributed by atoms with Crippen LogP contribution in [0.1, 0.15) is 20.3 Å². The number of nitrogens with two attached hydrogens (primary N) is 1. The van der Waals surface area contributed by atoms with Crippen LogP contribution in [-0.4, -0.2) is 64.7 Å². The van der Waals surface area contributed by atoms with Gasteiger partial charge < -0.3 is 26.6 Å².